The minimum atomic E-state index is -3.38. The van der Waals surface area contributed by atoms with Gasteiger partial charge in [-0.1, -0.05) is 6.58 Å². The van der Waals surface area contributed by atoms with Crippen molar-refractivity contribution in [3.63, 3.8) is 0 Å². The molecule has 1 unspecified atom stereocenters. The number of nitrogens with one attached hydrogen (secondary N) is 2. The Morgan fingerprint density at radius 2 is 2.20 bits per heavy atom. The lowest BCUT2D eigenvalue weighted by Gasteiger charge is -2.27. The van der Waals surface area contributed by atoms with Gasteiger partial charge in [-0.05, 0) is 45.4 Å². The third kappa shape index (κ3) is 4.67. The number of likely N-dealkylation sites (tertiary alicyclic amines) is 1. The Hall–Kier alpha value is -2.81. The molecule has 0 aromatic carbocycles. The van der Waals surface area contributed by atoms with Crippen LogP contribution in [0.2, 0.25) is 0 Å². The molecule has 0 amide bonds. The highest BCUT2D eigenvalue weighted by Gasteiger charge is 2.28. The van der Waals surface area contributed by atoms with Gasteiger partial charge in [0, 0.05) is 49.9 Å². The third-order valence-corrected chi connectivity index (χ3v) is 7.14. The first kappa shape index (κ1) is 21.9. The summed E-state index contributed by atoms with van der Waals surface area (Å²) in [4.78, 5) is 16.4. The van der Waals surface area contributed by atoms with Gasteiger partial charge in [0.15, 0.2) is 0 Å². The maximum absolute atomic E-state index is 12.0. The van der Waals surface area contributed by atoms with Crippen molar-refractivity contribution in [2.45, 2.75) is 38.5 Å². The van der Waals surface area contributed by atoms with Crippen LogP contribution in [-0.2, 0) is 10.0 Å². The molecule has 1 fully saturated rings. The number of anilines is 2. The van der Waals surface area contributed by atoms with Crippen LogP contribution in [0.25, 0.3) is 5.70 Å². The molecular weight excluding hydrogens is 400 g/mol. The van der Waals surface area contributed by atoms with Gasteiger partial charge in [-0.25, -0.2) is 18.4 Å². The maximum atomic E-state index is 12.0. The lowest BCUT2D eigenvalue weighted by atomic mass is 10.2. The lowest BCUT2D eigenvalue weighted by molar-refractivity contribution is 0.482. The van der Waals surface area contributed by atoms with E-state index in [1.807, 2.05) is 32.3 Å². The van der Waals surface area contributed by atoms with E-state index in [0.717, 1.165) is 42.4 Å². The van der Waals surface area contributed by atoms with Crippen molar-refractivity contribution >= 4 is 39.3 Å². The largest absolute Gasteiger partial charge is 0.369 e. The number of rotatable bonds is 8. The van der Waals surface area contributed by atoms with Crippen molar-refractivity contribution < 1.29 is 8.42 Å². The lowest BCUT2D eigenvalue weighted by Crippen LogP contribution is -2.34. The van der Waals surface area contributed by atoms with Gasteiger partial charge in [0.2, 0.25) is 10.0 Å². The number of likely N-dealkylation sites (N-methyl/N-ethyl adjacent to an activating group) is 1. The molecule has 2 N–H and O–H groups in total. The van der Waals surface area contributed by atoms with Gasteiger partial charge in [-0.15, -0.1) is 0 Å². The Morgan fingerprint density at radius 1 is 1.43 bits per heavy atom. The quantitative estimate of drug-likeness (QED) is 0.626. The fraction of sp³-hybridized carbons (Fsp3) is 0.429. The molecule has 0 aliphatic carbocycles. The Bertz CT molecular complexity index is 1010. The van der Waals surface area contributed by atoms with Crippen LogP contribution < -0.4 is 9.62 Å². The standard InChI is InChI=1S/C21H30N6O2S/c1-6-22-21-19(9-11-23-21)16(4)27-12-10-18(14-27)26(5)20-8-7-17(13-24-20)25-30(28,29)15(2)3/h6-9,11,13,15,18,23,25H,4,10,12,14H2,1-3,5H3. The number of sulfonamides is 1. The van der Waals surface area contributed by atoms with E-state index in [-0.39, 0.29) is 6.04 Å². The fourth-order valence-corrected chi connectivity index (χ4v) is 4.11. The van der Waals surface area contributed by atoms with Crippen LogP contribution in [0.1, 0.15) is 32.8 Å². The molecule has 2 aromatic rings. The minimum Gasteiger partial charge on any atom is -0.369 e. The minimum absolute atomic E-state index is 0.282. The predicted molar refractivity (Wildman–Crippen MR) is 124 cm³/mol. The second-order valence-corrected chi connectivity index (χ2v) is 9.91. The monoisotopic (exact) mass is 430 g/mol. The van der Waals surface area contributed by atoms with Crippen molar-refractivity contribution in [1.29, 1.82) is 0 Å². The fourth-order valence-electron chi connectivity index (χ4n) is 3.43. The number of aromatic nitrogens is 2. The molecule has 1 aliphatic heterocycles. The van der Waals surface area contributed by atoms with E-state index in [1.165, 1.54) is 0 Å². The molecule has 2 aromatic heterocycles. The molecule has 0 radical (unpaired) electrons. The van der Waals surface area contributed by atoms with Crippen LogP contribution in [0, 0.1) is 0 Å². The highest BCUT2D eigenvalue weighted by molar-refractivity contribution is 7.93. The molecule has 162 valence electrons. The summed E-state index contributed by atoms with van der Waals surface area (Å²) >= 11 is 0. The molecule has 0 saturated carbocycles. The summed E-state index contributed by atoms with van der Waals surface area (Å²) in [7, 11) is -1.36. The summed E-state index contributed by atoms with van der Waals surface area (Å²) in [6, 6.07) is 5.87. The zero-order valence-electron chi connectivity index (χ0n) is 18.0. The van der Waals surface area contributed by atoms with Gasteiger partial charge in [-0.2, -0.15) is 0 Å². The van der Waals surface area contributed by atoms with Gasteiger partial charge in [0.25, 0.3) is 0 Å². The Morgan fingerprint density at radius 3 is 2.83 bits per heavy atom. The summed E-state index contributed by atoms with van der Waals surface area (Å²) in [5, 5.41) is -0.499. The van der Waals surface area contributed by atoms with Crippen molar-refractivity contribution in [3.8, 4) is 0 Å². The van der Waals surface area contributed by atoms with E-state index in [4.69, 9.17) is 0 Å². The van der Waals surface area contributed by atoms with E-state index in [2.05, 4.69) is 36.1 Å². The van der Waals surface area contributed by atoms with Gasteiger partial charge >= 0.3 is 0 Å². The van der Waals surface area contributed by atoms with E-state index in [9.17, 15) is 8.42 Å². The zero-order chi connectivity index (χ0) is 21.9. The number of nitrogens with zero attached hydrogens (tertiary/aromatic N) is 4. The van der Waals surface area contributed by atoms with Crippen LogP contribution in [-0.4, -0.2) is 60.9 Å². The average molecular weight is 431 g/mol. The van der Waals surface area contributed by atoms with Crippen LogP contribution in [0.4, 0.5) is 17.3 Å². The third-order valence-electron chi connectivity index (χ3n) is 5.38. The van der Waals surface area contributed by atoms with Crippen molar-refractivity contribution in [1.82, 2.24) is 14.9 Å². The number of hydrogen-bond acceptors (Lipinski definition) is 6. The van der Waals surface area contributed by atoms with Gasteiger partial charge in [0.05, 0.1) is 17.1 Å². The summed E-state index contributed by atoms with van der Waals surface area (Å²) < 4.78 is 26.6. The summed E-state index contributed by atoms with van der Waals surface area (Å²) in [5.74, 6) is 1.62. The number of pyridine rings is 1. The molecule has 3 heterocycles. The van der Waals surface area contributed by atoms with Crippen LogP contribution in [0.3, 0.4) is 0 Å². The molecule has 9 heteroatoms. The smallest absolute Gasteiger partial charge is 0.235 e. The Balaban J connectivity index is 1.65. The SMILES string of the molecule is C=C(c1cc[nH]c1N=CC)N1CCC(N(C)c2ccc(NS(=O)(=O)C(C)C)cn2)C1. The highest BCUT2D eigenvalue weighted by Crippen LogP contribution is 2.31. The summed E-state index contributed by atoms with van der Waals surface area (Å²) in [6.07, 6.45) is 6.18. The second-order valence-electron chi connectivity index (χ2n) is 7.67. The van der Waals surface area contributed by atoms with Crippen LogP contribution in [0.15, 0.2) is 42.2 Å². The van der Waals surface area contributed by atoms with Crippen LogP contribution in [0.5, 0.6) is 0 Å². The van der Waals surface area contributed by atoms with E-state index >= 15 is 0 Å². The Labute approximate surface area is 178 Å². The zero-order valence-corrected chi connectivity index (χ0v) is 18.8. The topological polar surface area (TPSA) is 93.7 Å². The highest BCUT2D eigenvalue weighted by atomic mass is 32.2. The van der Waals surface area contributed by atoms with E-state index < -0.39 is 15.3 Å². The molecule has 8 nitrogen and oxygen atoms in total. The van der Waals surface area contributed by atoms with E-state index in [0.29, 0.717) is 5.69 Å². The molecule has 3 rings (SSSR count). The number of aromatic amines is 1. The summed E-state index contributed by atoms with van der Waals surface area (Å²) in [5.41, 5.74) is 2.44. The maximum Gasteiger partial charge on any atom is 0.235 e. The first-order valence-electron chi connectivity index (χ1n) is 10.0. The van der Waals surface area contributed by atoms with Gasteiger partial charge in [0.1, 0.15) is 11.6 Å². The molecule has 0 spiro atoms. The first-order chi connectivity index (χ1) is 14.2. The van der Waals surface area contributed by atoms with Crippen molar-refractivity contribution in [3.05, 3.63) is 42.7 Å². The molecule has 1 aliphatic rings. The molecule has 0 bridgehead atoms. The molecule has 1 atom stereocenters. The normalized spacial score (nSPS) is 17.1. The molecule has 30 heavy (non-hydrogen) atoms. The summed E-state index contributed by atoms with van der Waals surface area (Å²) in [6.45, 7) is 11.2. The second kappa shape index (κ2) is 8.91. The predicted octanol–water partition coefficient (Wildman–Crippen LogP) is 3.46. The molecule has 1 saturated heterocycles. The van der Waals surface area contributed by atoms with Gasteiger partial charge < -0.3 is 14.8 Å². The van der Waals surface area contributed by atoms with Gasteiger partial charge in [-0.3, -0.25) is 4.72 Å². The van der Waals surface area contributed by atoms with Crippen molar-refractivity contribution in [2.75, 3.05) is 29.8 Å². The number of hydrogen-bond donors (Lipinski definition) is 2. The van der Waals surface area contributed by atoms with Crippen molar-refractivity contribution in [2.24, 2.45) is 4.99 Å². The molecular formula is C21H30N6O2S. The number of aliphatic imine (C=N–C) groups is 1. The number of H-pyrrole nitrogens is 1. The first-order valence-corrected chi connectivity index (χ1v) is 11.6. The van der Waals surface area contributed by atoms with E-state index in [1.54, 1.807) is 32.3 Å². The average Bonchev–Trinajstić information content (AvgIpc) is 3.37. The van der Waals surface area contributed by atoms with Crippen LogP contribution >= 0.6 is 0 Å². The Kier molecular flexibility index (Phi) is 6.50.